The van der Waals surface area contributed by atoms with Crippen molar-refractivity contribution in [1.29, 1.82) is 0 Å². The van der Waals surface area contributed by atoms with Crippen LogP contribution < -0.4 is 0 Å². The Morgan fingerprint density at radius 2 is 2.08 bits per heavy atom. The Bertz CT molecular complexity index is 406. The number of alkyl halides is 1. The molecule has 62 valence electrons. The zero-order valence-corrected chi connectivity index (χ0v) is 9.35. The van der Waals surface area contributed by atoms with E-state index in [1.54, 1.807) is 6.26 Å². The zero-order valence-electron chi connectivity index (χ0n) is 6.18. The Hall–Kier alpha value is -0.280. The maximum absolute atomic E-state index is 5.32. The van der Waals surface area contributed by atoms with Crippen LogP contribution in [0, 0.1) is 0 Å². The number of hydrogen-bond donors (Lipinski definition) is 0. The van der Waals surface area contributed by atoms with Gasteiger partial charge in [-0.15, -0.1) is 0 Å². The monoisotopic (exact) mass is 288 g/mol. The van der Waals surface area contributed by atoms with Gasteiger partial charge in [0.05, 0.1) is 10.7 Å². The van der Waals surface area contributed by atoms with Crippen molar-refractivity contribution in [1.82, 2.24) is 0 Å². The van der Waals surface area contributed by atoms with Gasteiger partial charge in [0.25, 0.3) is 0 Å². The van der Waals surface area contributed by atoms with Crippen molar-refractivity contribution in [3.8, 4) is 0 Å². The van der Waals surface area contributed by atoms with Crippen molar-refractivity contribution in [2.24, 2.45) is 0 Å². The van der Waals surface area contributed by atoms with Crippen LogP contribution in [-0.2, 0) is 5.33 Å². The molecule has 0 radical (unpaired) electrons. The molecule has 0 bridgehead atoms. The molecule has 0 spiro atoms. The lowest BCUT2D eigenvalue weighted by atomic mass is 10.1. The summed E-state index contributed by atoms with van der Waals surface area (Å²) in [7, 11) is 0. The second-order valence-electron chi connectivity index (χ2n) is 2.50. The van der Waals surface area contributed by atoms with E-state index < -0.39 is 0 Å². The van der Waals surface area contributed by atoms with Crippen molar-refractivity contribution in [2.75, 3.05) is 0 Å². The van der Waals surface area contributed by atoms with Crippen molar-refractivity contribution in [3.05, 3.63) is 34.5 Å². The topological polar surface area (TPSA) is 13.1 Å². The summed E-state index contributed by atoms with van der Waals surface area (Å²) in [5, 5.41) is 2.03. The Morgan fingerprint density at radius 1 is 1.25 bits per heavy atom. The highest BCUT2D eigenvalue weighted by Gasteiger charge is 2.05. The van der Waals surface area contributed by atoms with Gasteiger partial charge in [-0.25, -0.2) is 0 Å². The zero-order chi connectivity index (χ0) is 8.55. The van der Waals surface area contributed by atoms with Crippen LogP contribution in [-0.4, -0.2) is 0 Å². The summed E-state index contributed by atoms with van der Waals surface area (Å²) in [5.74, 6) is 0. The van der Waals surface area contributed by atoms with Crippen molar-refractivity contribution in [3.63, 3.8) is 0 Å². The first-order valence-electron chi connectivity index (χ1n) is 3.53. The fourth-order valence-electron chi connectivity index (χ4n) is 1.20. The fraction of sp³-hybridized carbons (Fsp3) is 0.111. The van der Waals surface area contributed by atoms with Gasteiger partial charge in [0.2, 0.25) is 0 Å². The van der Waals surface area contributed by atoms with Crippen molar-refractivity contribution >= 4 is 42.8 Å². The molecule has 0 aliphatic carbocycles. The minimum atomic E-state index is 0.857. The number of hydrogen-bond acceptors (Lipinski definition) is 1. The summed E-state index contributed by atoms with van der Waals surface area (Å²) in [5.41, 5.74) is 2.17. The highest BCUT2D eigenvalue weighted by molar-refractivity contribution is 9.10. The first-order chi connectivity index (χ1) is 5.83. The van der Waals surface area contributed by atoms with Crippen LogP contribution in [0.25, 0.3) is 11.0 Å². The Kier molecular flexibility index (Phi) is 2.24. The maximum Gasteiger partial charge on any atom is 0.148 e. The quantitative estimate of drug-likeness (QED) is 0.721. The van der Waals surface area contributed by atoms with E-state index in [0.29, 0.717) is 0 Å². The number of benzene rings is 1. The standard InChI is InChI=1S/C9H6Br2O/c10-5-6-1-2-8(11)9-7(6)3-4-12-9/h1-4H,5H2. The van der Waals surface area contributed by atoms with Gasteiger partial charge in [-0.2, -0.15) is 0 Å². The van der Waals surface area contributed by atoms with E-state index in [1.165, 1.54) is 10.9 Å². The molecule has 0 aliphatic rings. The highest BCUT2D eigenvalue weighted by atomic mass is 79.9. The van der Waals surface area contributed by atoms with E-state index in [1.807, 2.05) is 12.1 Å². The fourth-order valence-corrected chi connectivity index (χ4v) is 2.13. The van der Waals surface area contributed by atoms with Gasteiger partial charge in [-0.05, 0) is 33.6 Å². The molecular weight excluding hydrogens is 284 g/mol. The Labute approximate surface area is 87.0 Å². The third-order valence-corrected chi connectivity index (χ3v) is 3.03. The number of rotatable bonds is 1. The molecule has 0 amide bonds. The average Bonchev–Trinajstić information content (AvgIpc) is 2.54. The summed E-state index contributed by atoms with van der Waals surface area (Å²) < 4.78 is 6.33. The molecule has 1 aromatic carbocycles. The molecule has 0 saturated carbocycles. The molecule has 12 heavy (non-hydrogen) atoms. The molecule has 3 heteroatoms. The molecule has 1 nitrogen and oxygen atoms in total. The van der Waals surface area contributed by atoms with Gasteiger partial charge in [-0.1, -0.05) is 22.0 Å². The van der Waals surface area contributed by atoms with Crippen LogP contribution >= 0.6 is 31.9 Å². The van der Waals surface area contributed by atoms with Gasteiger partial charge >= 0.3 is 0 Å². The molecule has 0 atom stereocenters. The van der Waals surface area contributed by atoms with Crippen molar-refractivity contribution in [2.45, 2.75) is 5.33 Å². The normalized spacial score (nSPS) is 10.8. The smallest absolute Gasteiger partial charge is 0.148 e. The second kappa shape index (κ2) is 3.23. The van der Waals surface area contributed by atoms with Crippen molar-refractivity contribution < 1.29 is 4.42 Å². The van der Waals surface area contributed by atoms with Gasteiger partial charge < -0.3 is 4.42 Å². The van der Waals surface area contributed by atoms with E-state index >= 15 is 0 Å². The number of halogens is 2. The summed E-state index contributed by atoms with van der Waals surface area (Å²) in [6, 6.07) is 6.07. The molecule has 0 aliphatic heterocycles. The third kappa shape index (κ3) is 1.21. The second-order valence-corrected chi connectivity index (χ2v) is 3.92. The molecule has 0 saturated heterocycles. The lowest BCUT2D eigenvalue weighted by molar-refractivity contribution is 0.614. The largest absolute Gasteiger partial charge is 0.463 e. The Balaban J connectivity index is 2.82. The SMILES string of the molecule is BrCc1ccc(Br)c2occc12. The maximum atomic E-state index is 5.32. The van der Waals surface area contributed by atoms with E-state index in [-0.39, 0.29) is 0 Å². The van der Waals surface area contributed by atoms with Gasteiger partial charge in [-0.3, -0.25) is 0 Å². The van der Waals surface area contributed by atoms with Crippen LogP contribution in [0.2, 0.25) is 0 Å². The molecule has 1 heterocycles. The van der Waals surface area contributed by atoms with E-state index in [0.717, 1.165) is 15.4 Å². The third-order valence-electron chi connectivity index (χ3n) is 1.80. The van der Waals surface area contributed by atoms with Gasteiger partial charge in [0, 0.05) is 10.7 Å². The van der Waals surface area contributed by atoms with Crippen LogP contribution in [0.3, 0.4) is 0 Å². The Morgan fingerprint density at radius 3 is 2.83 bits per heavy atom. The van der Waals surface area contributed by atoms with E-state index in [9.17, 15) is 0 Å². The summed E-state index contributed by atoms with van der Waals surface area (Å²) in [6.45, 7) is 0. The number of fused-ring (bicyclic) bond motifs is 1. The molecule has 0 N–H and O–H groups in total. The molecule has 0 unspecified atom stereocenters. The summed E-state index contributed by atoms with van der Waals surface area (Å²) >= 11 is 6.86. The predicted octanol–water partition coefficient (Wildman–Crippen LogP) is 4.09. The van der Waals surface area contributed by atoms with Crippen LogP contribution in [0.5, 0.6) is 0 Å². The molecule has 2 aromatic rings. The van der Waals surface area contributed by atoms with Crippen LogP contribution in [0.15, 0.2) is 33.4 Å². The van der Waals surface area contributed by atoms with Gasteiger partial charge in [0.1, 0.15) is 5.58 Å². The highest BCUT2D eigenvalue weighted by Crippen LogP contribution is 2.28. The summed E-state index contributed by atoms with van der Waals surface area (Å²) in [6.07, 6.45) is 1.71. The van der Waals surface area contributed by atoms with E-state index in [2.05, 4.69) is 37.9 Å². The molecule has 1 aromatic heterocycles. The predicted molar refractivity (Wildman–Crippen MR) is 56.5 cm³/mol. The van der Waals surface area contributed by atoms with Gasteiger partial charge in [0.15, 0.2) is 0 Å². The van der Waals surface area contributed by atoms with E-state index in [4.69, 9.17) is 4.42 Å². The summed E-state index contributed by atoms with van der Waals surface area (Å²) in [4.78, 5) is 0. The molecule has 2 rings (SSSR count). The first-order valence-corrected chi connectivity index (χ1v) is 5.45. The lowest BCUT2D eigenvalue weighted by Crippen LogP contribution is -1.78. The number of furan rings is 1. The lowest BCUT2D eigenvalue weighted by Gasteiger charge is -1.98. The van der Waals surface area contributed by atoms with Crippen LogP contribution in [0.4, 0.5) is 0 Å². The molecular formula is C9H6Br2O. The average molecular weight is 290 g/mol. The first kappa shape index (κ1) is 8.32. The minimum Gasteiger partial charge on any atom is -0.463 e. The molecule has 0 fully saturated rings. The van der Waals surface area contributed by atoms with Crippen LogP contribution in [0.1, 0.15) is 5.56 Å². The minimum absolute atomic E-state index is 0.857.